The highest BCUT2D eigenvalue weighted by Gasteiger charge is 2.20. The second kappa shape index (κ2) is 8.55. The molecule has 0 radical (unpaired) electrons. The average Bonchev–Trinajstić information content (AvgIpc) is 2.76. The molecule has 0 atom stereocenters. The third-order valence-corrected chi connectivity index (χ3v) is 6.82. The number of hydrogen-bond acceptors (Lipinski definition) is 5. The number of ether oxygens (including phenoxy) is 2. The molecule has 0 aliphatic carbocycles. The molecular weight excluding hydrogens is 428 g/mol. The van der Waals surface area contributed by atoms with Gasteiger partial charge in [-0.25, -0.2) is 8.42 Å². The fourth-order valence-electron chi connectivity index (χ4n) is 3.37. The van der Waals surface area contributed by atoms with Crippen LogP contribution in [0.3, 0.4) is 0 Å². The second-order valence-corrected chi connectivity index (χ2v) is 9.35. The normalized spacial score (nSPS) is 12.8. The number of anilines is 2. The summed E-state index contributed by atoms with van der Waals surface area (Å²) in [7, 11) is -3.88. The summed E-state index contributed by atoms with van der Waals surface area (Å²) in [5, 5.41) is 2.78. The molecule has 1 heterocycles. The van der Waals surface area contributed by atoms with E-state index >= 15 is 0 Å². The highest BCUT2D eigenvalue weighted by Crippen LogP contribution is 2.33. The first kappa shape index (κ1) is 21.7. The minimum atomic E-state index is -3.88. The second-order valence-electron chi connectivity index (χ2n) is 7.70. The maximum absolute atomic E-state index is 13.0. The largest absolute Gasteiger partial charge is 0.486 e. The molecule has 1 amide bonds. The topological polar surface area (TPSA) is 93.7 Å². The fraction of sp³-hybridized carbons (Fsp3) is 0.208. The zero-order valence-corrected chi connectivity index (χ0v) is 18.9. The van der Waals surface area contributed by atoms with Gasteiger partial charge < -0.3 is 14.8 Å². The van der Waals surface area contributed by atoms with E-state index in [2.05, 4.69) is 10.0 Å². The van der Waals surface area contributed by atoms with Gasteiger partial charge in [0.1, 0.15) is 13.2 Å². The number of rotatable bonds is 5. The van der Waals surface area contributed by atoms with Crippen molar-refractivity contribution >= 4 is 27.3 Å². The van der Waals surface area contributed by atoms with E-state index in [-0.39, 0.29) is 10.5 Å². The first-order chi connectivity index (χ1) is 15.2. The van der Waals surface area contributed by atoms with E-state index in [0.717, 1.165) is 11.1 Å². The molecule has 0 saturated heterocycles. The number of aryl methyl sites for hydroxylation is 3. The van der Waals surface area contributed by atoms with Gasteiger partial charge in [0.15, 0.2) is 11.5 Å². The van der Waals surface area contributed by atoms with Gasteiger partial charge in [0.2, 0.25) is 0 Å². The van der Waals surface area contributed by atoms with Crippen molar-refractivity contribution in [2.24, 2.45) is 0 Å². The molecule has 0 spiro atoms. The van der Waals surface area contributed by atoms with Crippen LogP contribution in [0, 0.1) is 20.8 Å². The lowest BCUT2D eigenvalue weighted by Gasteiger charge is -2.19. The molecule has 3 aromatic rings. The van der Waals surface area contributed by atoms with Crippen LogP contribution in [-0.2, 0) is 10.0 Å². The SMILES string of the molecule is Cc1ccc(NS(=O)(=O)c2cc(C(=O)Nc3ccc4c(c3)OCCO4)ccc2C)cc1C. The molecule has 1 aliphatic heterocycles. The Morgan fingerprint density at radius 1 is 0.781 bits per heavy atom. The lowest BCUT2D eigenvalue weighted by Crippen LogP contribution is -2.18. The Labute approximate surface area is 187 Å². The number of amides is 1. The summed E-state index contributed by atoms with van der Waals surface area (Å²) in [6, 6.07) is 15.1. The van der Waals surface area contributed by atoms with Crippen LogP contribution >= 0.6 is 0 Å². The molecule has 3 aromatic carbocycles. The quantitative estimate of drug-likeness (QED) is 0.597. The van der Waals surface area contributed by atoms with Crippen molar-refractivity contribution in [2.75, 3.05) is 23.3 Å². The lowest BCUT2D eigenvalue weighted by atomic mass is 10.1. The van der Waals surface area contributed by atoms with Gasteiger partial charge in [0, 0.05) is 23.0 Å². The summed E-state index contributed by atoms with van der Waals surface area (Å²) in [5.74, 6) is 0.749. The Balaban J connectivity index is 1.57. The molecule has 166 valence electrons. The van der Waals surface area contributed by atoms with Crippen LogP contribution in [0.5, 0.6) is 11.5 Å². The van der Waals surface area contributed by atoms with Crippen LogP contribution in [0.15, 0.2) is 59.5 Å². The van der Waals surface area contributed by atoms with E-state index in [4.69, 9.17) is 9.47 Å². The number of carbonyl (C=O) groups excluding carboxylic acids is 1. The van der Waals surface area contributed by atoms with Crippen LogP contribution in [0.4, 0.5) is 11.4 Å². The van der Waals surface area contributed by atoms with Crippen molar-refractivity contribution in [2.45, 2.75) is 25.7 Å². The van der Waals surface area contributed by atoms with E-state index < -0.39 is 15.9 Å². The average molecular weight is 453 g/mol. The molecule has 7 nitrogen and oxygen atoms in total. The van der Waals surface area contributed by atoms with Gasteiger partial charge in [-0.05, 0) is 73.9 Å². The molecule has 32 heavy (non-hydrogen) atoms. The molecule has 2 N–H and O–H groups in total. The highest BCUT2D eigenvalue weighted by atomic mass is 32.2. The molecule has 0 fully saturated rings. The van der Waals surface area contributed by atoms with Gasteiger partial charge in [0.05, 0.1) is 4.90 Å². The van der Waals surface area contributed by atoms with Crippen molar-refractivity contribution in [3.8, 4) is 11.5 Å². The smallest absolute Gasteiger partial charge is 0.262 e. The van der Waals surface area contributed by atoms with Gasteiger partial charge in [-0.15, -0.1) is 0 Å². The van der Waals surface area contributed by atoms with Gasteiger partial charge in [-0.2, -0.15) is 0 Å². The minimum Gasteiger partial charge on any atom is -0.486 e. The van der Waals surface area contributed by atoms with E-state index in [1.807, 2.05) is 19.9 Å². The zero-order valence-electron chi connectivity index (χ0n) is 18.1. The van der Waals surface area contributed by atoms with Crippen LogP contribution in [0.2, 0.25) is 0 Å². The van der Waals surface area contributed by atoms with Gasteiger partial charge in [0.25, 0.3) is 15.9 Å². The lowest BCUT2D eigenvalue weighted by molar-refractivity contribution is 0.102. The van der Waals surface area contributed by atoms with Crippen LogP contribution in [0.25, 0.3) is 0 Å². The highest BCUT2D eigenvalue weighted by molar-refractivity contribution is 7.92. The maximum atomic E-state index is 13.0. The minimum absolute atomic E-state index is 0.0468. The zero-order chi connectivity index (χ0) is 22.9. The Morgan fingerprint density at radius 3 is 2.22 bits per heavy atom. The monoisotopic (exact) mass is 452 g/mol. The molecule has 0 aromatic heterocycles. The number of carbonyl (C=O) groups is 1. The third kappa shape index (κ3) is 4.55. The first-order valence-electron chi connectivity index (χ1n) is 10.1. The molecule has 0 unspecified atom stereocenters. The van der Waals surface area contributed by atoms with Crippen molar-refractivity contribution in [1.82, 2.24) is 0 Å². The van der Waals surface area contributed by atoms with E-state index in [1.54, 1.807) is 49.4 Å². The summed E-state index contributed by atoms with van der Waals surface area (Å²) in [6.45, 7) is 6.49. The Bertz CT molecular complexity index is 1300. The Hall–Kier alpha value is -3.52. The summed E-state index contributed by atoms with van der Waals surface area (Å²) < 4.78 is 39.7. The third-order valence-electron chi connectivity index (χ3n) is 5.30. The first-order valence-corrected chi connectivity index (χ1v) is 11.6. The van der Waals surface area contributed by atoms with Crippen LogP contribution in [-0.4, -0.2) is 27.5 Å². The molecule has 0 saturated carbocycles. The van der Waals surface area contributed by atoms with E-state index in [0.29, 0.717) is 41.7 Å². The Kier molecular flexibility index (Phi) is 5.80. The van der Waals surface area contributed by atoms with Crippen molar-refractivity contribution in [3.63, 3.8) is 0 Å². The van der Waals surface area contributed by atoms with Gasteiger partial charge >= 0.3 is 0 Å². The predicted octanol–water partition coefficient (Wildman–Crippen LogP) is 4.44. The summed E-state index contributed by atoms with van der Waals surface area (Å²) in [6.07, 6.45) is 0. The molecule has 0 bridgehead atoms. The predicted molar refractivity (Wildman–Crippen MR) is 123 cm³/mol. The number of benzene rings is 3. The molecule has 1 aliphatic rings. The number of nitrogens with one attached hydrogen (secondary N) is 2. The summed E-state index contributed by atoms with van der Waals surface area (Å²) >= 11 is 0. The Morgan fingerprint density at radius 2 is 1.47 bits per heavy atom. The number of hydrogen-bond donors (Lipinski definition) is 2. The molecule has 8 heteroatoms. The maximum Gasteiger partial charge on any atom is 0.262 e. The van der Waals surface area contributed by atoms with Crippen LogP contribution < -0.4 is 19.5 Å². The van der Waals surface area contributed by atoms with Crippen molar-refractivity contribution in [1.29, 1.82) is 0 Å². The standard InChI is InChI=1S/C24H24N2O5S/c1-15-5-7-20(12-17(15)3)26-32(28,29)23-13-18(6-4-16(23)2)24(27)25-19-8-9-21-22(14-19)31-11-10-30-21/h4-9,12-14,26H,10-11H2,1-3H3,(H,25,27). The van der Waals surface area contributed by atoms with E-state index in [1.165, 1.54) is 6.07 Å². The number of fused-ring (bicyclic) bond motifs is 1. The molecular formula is C24H24N2O5S. The van der Waals surface area contributed by atoms with Crippen LogP contribution in [0.1, 0.15) is 27.0 Å². The van der Waals surface area contributed by atoms with Gasteiger partial charge in [-0.3, -0.25) is 9.52 Å². The van der Waals surface area contributed by atoms with Crippen molar-refractivity contribution < 1.29 is 22.7 Å². The van der Waals surface area contributed by atoms with E-state index in [9.17, 15) is 13.2 Å². The van der Waals surface area contributed by atoms with Gasteiger partial charge in [-0.1, -0.05) is 12.1 Å². The molecule has 4 rings (SSSR count). The van der Waals surface area contributed by atoms with Crippen molar-refractivity contribution in [3.05, 3.63) is 76.9 Å². The fourth-order valence-corrected chi connectivity index (χ4v) is 4.69. The summed E-state index contributed by atoms with van der Waals surface area (Å²) in [4.78, 5) is 12.9. The summed E-state index contributed by atoms with van der Waals surface area (Å²) in [5.41, 5.74) is 3.82. The number of sulfonamides is 1.